The van der Waals surface area contributed by atoms with Gasteiger partial charge in [0.25, 0.3) is 5.91 Å². The number of hydrogen-bond donors (Lipinski definition) is 2. The van der Waals surface area contributed by atoms with Gasteiger partial charge in [0.2, 0.25) is 0 Å². The molecule has 1 aromatic rings. The molecule has 0 heterocycles. The fraction of sp³-hybridized carbons (Fsp3) is 0.333. The first-order chi connectivity index (χ1) is 9.58. The van der Waals surface area contributed by atoms with E-state index in [4.69, 9.17) is 5.26 Å². The molecule has 0 unspecified atom stereocenters. The molecule has 2 N–H and O–H groups in total. The molecule has 5 nitrogen and oxygen atoms in total. The lowest BCUT2D eigenvalue weighted by atomic mass is 10.2. The van der Waals surface area contributed by atoms with Crippen LogP contribution in [0.2, 0.25) is 0 Å². The second kappa shape index (κ2) is 7.85. The predicted octanol–water partition coefficient (Wildman–Crippen LogP) is 2.15. The fourth-order valence-corrected chi connectivity index (χ4v) is 1.57. The van der Waals surface area contributed by atoms with Gasteiger partial charge >= 0.3 is 0 Å². The number of anilines is 1. The molecule has 0 aliphatic carbocycles. The van der Waals surface area contributed by atoms with Crippen LogP contribution in [0.5, 0.6) is 5.75 Å². The molecule has 0 saturated carbocycles. The van der Waals surface area contributed by atoms with Gasteiger partial charge in [-0.2, -0.15) is 5.26 Å². The van der Waals surface area contributed by atoms with Crippen LogP contribution in [0.1, 0.15) is 19.8 Å². The smallest absolute Gasteiger partial charge is 0.263 e. The predicted molar refractivity (Wildman–Crippen MR) is 78.1 cm³/mol. The van der Waals surface area contributed by atoms with Crippen LogP contribution in [0.25, 0.3) is 0 Å². The summed E-state index contributed by atoms with van der Waals surface area (Å²) in [5.74, 6) is -0.199. The summed E-state index contributed by atoms with van der Waals surface area (Å²) in [7, 11) is 1.74. The molecule has 5 heteroatoms. The molecular formula is C15H19N3O2. The Bertz CT molecular complexity index is 515. The van der Waals surface area contributed by atoms with Gasteiger partial charge in [-0.25, -0.2) is 0 Å². The Morgan fingerprint density at radius 1 is 1.45 bits per heavy atom. The van der Waals surface area contributed by atoms with Crippen LogP contribution >= 0.6 is 0 Å². The average molecular weight is 273 g/mol. The highest BCUT2D eigenvalue weighted by Crippen LogP contribution is 2.17. The summed E-state index contributed by atoms with van der Waals surface area (Å²) in [4.78, 5) is 13.5. The molecule has 0 saturated heterocycles. The number of nitrogens with one attached hydrogen (secondary N) is 1. The maximum atomic E-state index is 11.8. The lowest BCUT2D eigenvalue weighted by Crippen LogP contribution is -2.26. The Labute approximate surface area is 119 Å². The zero-order valence-electron chi connectivity index (χ0n) is 11.8. The van der Waals surface area contributed by atoms with E-state index in [0.717, 1.165) is 18.5 Å². The first-order valence-electron chi connectivity index (χ1n) is 6.50. The van der Waals surface area contributed by atoms with Crippen LogP contribution in [0, 0.1) is 11.3 Å². The monoisotopic (exact) mass is 273 g/mol. The van der Waals surface area contributed by atoms with Gasteiger partial charge in [-0.1, -0.05) is 13.3 Å². The molecular weight excluding hydrogens is 254 g/mol. The summed E-state index contributed by atoms with van der Waals surface area (Å²) in [6, 6.07) is 8.40. The molecule has 1 amide bonds. The molecule has 1 aromatic carbocycles. The summed E-state index contributed by atoms with van der Waals surface area (Å²) >= 11 is 0. The van der Waals surface area contributed by atoms with Gasteiger partial charge in [0.05, 0.1) is 0 Å². The minimum atomic E-state index is -0.369. The first-order valence-corrected chi connectivity index (χ1v) is 6.50. The lowest BCUT2D eigenvalue weighted by Gasteiger charge is -2.15. The summed E-state index contributed by atoms with van der Waals surface area (Å²) in [6.45, 7) is 2.60. The quantitative estimate of drug-likeness (QED) is 0.473. The number of amides is 1. The Hall–Kier alpha value is -2.48. The normalized spacial score (nSPS) is 10.8. The molecule has 0 spiro atoms. The number of aromatic hydroxyl groups is 1. The Kier molecular flexibility index (Phi) is 6.11. The van der Waals surface area contributed by atoms with Crippen molar-refractivity contribution >= 4 is 11.6 Å². The van der Waals surface area contributed by atoms with Crippen LogP contribution in [-0.2, 0) is 4.79 Å². The van der Waals surface area contributed by atoms with Crippen molar-refractivity contribution in [2.45, 2.75) is 19.8 Å². The summed E-state index contributed by atoms with van der Waals surface area (Å²) in [6.07, 6.45) is 3.35. The van der Waals surface area contributed by atoms with Crippen molar-refractivity contribution in [2.75, 3.05) is 18.5 Å². The van der Waals surface area contributed by atoms with Crippen LogP contribution in [-0.4, -0.2) is 24.6 Å². The Morgan fingerprint density at radius 3 is 2.65 bits per heavy atom. The van der Waals surface area contributed by atoms with Gasteiger partial charge < -0.3 is 15.3 Å². The van der Waals surface area contributed by atoms with Crippen molar-refractivity contribution in [1.29, 1.82) is 5.26 Å². The third kappa shape index (κ3) is 4.65. The number of carbonyl (C=O) groups excluding carboxylic acids is 1. The van der Waals surface area contributed by atoms with E-state index in [9.17, 15) is 9.90 Å². The molecule has 20 heavy (non-hydrogen) atoms. The lowest BCUT2D eigenvalue weighted by molar-refractivity contribution is -0.117. The highest BCUT2D eigenvalue weighted by atomic mass is 16.3. The number of carbonyl (C=O) groups is 1. The third-order valence-corrected chi connectivity index (χ3v) is 2.76. The van der Waals surface area contributed by atoms with Crippen LogP contribution in [0.15, 0.2) is 36.0 Å². The van der Waals surface area contributed by atoms with Crippen molar-refractivity contribution in [3.63, 3.8) is 0 Å². The van der Waals surface area contributed by atoms with E-state index < -0.39 is 0 Å². The zero-order chi connectivity index (χ0) is 15.0. The molecule has 0 aromatic heterocycles. The zero-order valence-corrected chi connectivity index (χ0v) is 11.8. The van der Waals surface area contributed by atoms with Crippen molar-refractivity contribution < 1.29 is 9.90 Å². The molecule has 0 aliphatic heterocycles. The fourth-order valence-electron chi connectivity index (χ4n) is 1.57. The summed E-state index contributed by atoms with van der Waals surface area (Å²) in [5.41, 5.74) is 0.827. The third-order valence-electron chi connectivity index (χ3n) is 2.76. The number of phenols is 1. The molecule has 106 valence electrons. The second-order valence-electron chi connectivity index (χ2n) is 4.39. The number of benzene rings is 1. The van der Waals surface area contributed by atoms with Gasteiger partial charge in [0.15, 0.2) is 0 Å². The van der Waals surface area contributed by atoms with Crippen LogP contribution in [0.4, 0.5) is 5.69 Å². The van der Waals surface area contributed by atoms with E-state index >= 15 is 0 Å². The van der Waals surface area contributed by atoms with E-state index in [1.807, 2.05) is 13.0 Å². The number of nitriles is 1. The van der Waals surface area contributed by atoms with Crippen LogP contribution in [0.3, 0.4) is 0 Å². The van der Waals surface area contributed by atoms with E-state index in [2.05, 4.69) is 5.32 Å². The minimum Gasteiger partial charge on any atom is -0.508 e. The standard InChI is InChI=1S/C15H19N3O2/c1-3-4-9-17-15(20)12(10-16)11-18(2)13-5-7-14(19)8-6-13/h5-8,11,19H,3-4,9H2,1-2H3,(H,17,20)/b12-11-. The van der Waals surface area contributed by atoms with E-state index in [1.54, 1.807) is 36.2 Å². The van der Waals surface area contributed by atoms with Gasteiger partial charge in [-0.15, -0.1) is 0 Å². The Balaban J connectivity index is 2.75. The summed E-state index contributed by atoms with van der Waals surface area (Å²) in [5, 5.41) is 21.0. The SMILES string of the molecule is CCCCNC(=O)/C(C#N)=C\N(C)c1ccc(O)cc1. The topological polar surface area (TPSA) is 76.4 Å². The van der Waals surface area contributed by atoms with Crippen LogP contribution < -0.4 is 10.2 Å². The molecule has 0 bridgehead atoms. The van der Waals surface area contributed by atoms with E-state index in [1.165, 1.54) is 6.20 Å². The van der Waals surface area contributed by atoms with Crippen molar-refractivity contribution in [3.05, 3.63) is 36.0 Å². The number of hydrogen-bond acceptors (Lipinski definition) is 4. The molecule has 0 atom stereocenters. The van der Waals surface area contributed by atoms with Crippen molar-refractivity contribution in [2.24, 2.45) is 0 Å². The number of rotatable bonds is 6. The van der Waals surface area contributed by atoms with Gasteiger partial charge in [-0.05, 0) is 30.7 Å². The first kappa shape index (κ1) is 15.6. The maximum absolute atomic E-state index is 11.8. The highest BCUT2D eigenvalue weighted by Gasteiger charge is 2.09. The van der Waals surface area contributed by atoms with Crippen molar-refractivity contribution in [3.8, 4) is 11.8 Å². The van der Waals surface area contributed by atoms with E-state index in [-0.39, 0.29) is 17.2 Å². The average Bonchev–Trinajstić information content (AvgIpc) is 2.45. The largest absolute Gasteiger partial charge is 0.508 e. The maximum Gasteiger partial charge on any atom is 0.263 e. The van der Waals surface area contributed by atoms with Gasteiger partial charge in [0.1, 0.15) is 17.4 Å². The molecule has 0 radical (unpaired) electrons. The molecule has 0 aliphatic rings. The molecule has 0 fully saturated rings. The Morgan fingerprint density at radius 2 is 2.10 bits per heavy atom. The van der Waals surface area contributed by atoms with Gasteiger partial charge in [-0.3, -0.25) is 4.79 Å². The minimum absolute atomic E-state index is 0.0525. The highest BCUT2D eigenvalue weighted by molar-refractivity contribution is 5.97. The number of unbranched alkanes of at least 4 members (excludes halogenated alkanes) is 1. The van der Waals surface area contributed by atoms with E-state index in [0.29, 0.717) is 6.54 Å². The van der Waals surface area contributed by atoms with Crippen molar-refractivity contribution in [1.82, 2.24) is 5.32 Å². The number of nitrogens with zero attached hydrogens (tertiary/aromatic N) is 2. The van der Waals surface area contributed by atoms with Gasteiger partial charge in [0, 0.05) is 25.5 Å². The number of phenolic OH excluding ortho intramolecular Hbond substituents is 1. The summed E-state index contributed by atoms with van der Waals surface area (Å²) < 4.78 is 0. The second-order valence-corrected chi connectivity index (χ2v) is 4.39. The molecule has 1 rings (SSSR count).